The molecule has 4 rings (SSSR count). The zero-order valence-corrected chi connectivity index (χ0v) is 18.8. The molecule has 174 valence electrons. The first-order valence-electron chi connectivity index (χ1n) is 11.6. The molecule has 0 aromatic heterocycles. The summed E-state index contributed by atoms with van der Waals surface area (Å²) in [7, 11) is 0. The number of hydrogen-bond acceptors (Lipinski definition) is 4. The molecule has 0 saturated heterocycles. The number of carboxylic acids is 1. The fourth-order valence-electron chi connectivity index (χ4n) is 4.91. The molecule has 2 aliphatic rings. The Bertz CT molecular complexity index is 985. The van der Waals surface area contributed by atoms with Gasteiger partial charge in [0.2, 0.25) is 5.91 Å². The monoisotopic (exact) mass is 450 g/mol. The third-order valence-corrected chi connectivity index (χ3v) is 6.57. The van der Waals surface area contributed by atoms with Gasteiger partial charge in [0.05, 0.1) is 0 Å². The van der Waals surface area contributed by atoms with Crippen molar-refractivity contribution < 1.29 is 24.2 Å². The van der Waals surface area contributed by atoms with E-state index in [-0.39, 0.29) is 36.8 Å². The van der Waals surface area contributed by atoms with E-state index in [4.69, 9.17) is 9.84 Å². The summed E-state index contributed by atoms with van der Waals surface area (Å²) in [6.07, 6.45) is 2.06. The second kappa shape index (κ2) is 10.1. The van der Waals surface area contributed by atoms with Gasteiger partial charge in [0.25, 0.3) is 0 Å². The average Bonchev–Trinajstić information content (AvgIpc) is 3.09. The first kappa shape index (κ1) is 22.8. The van der Waals surface area contributed by atoms with Crippen LogP contribution in [0.5, 0.6) is 0 Å². The van der Waals surface area contributed by atoms with Crippen molar-refractivity contribution in [2.24, 2.45) is 5.92 Å². The lowest BCUT2D eigenvalue weighted by molar-refractivity contribution is -0.139. The summed E-state index contributed by atoms with van der Waals surface area (Å²) in [5, 5.41) is 14.5. The number of carbonyl (C=O) groups excluding carboxylic acids is 2. The molecule has 0 spiro atoms. The lowest BCUT2D eigenvalue weighted by Gasteiger charge is -2.35. The minimum atomic E-state index is -0.814. The molecule has 1 fully saturated rings. The zero-order valence-electron chi connectivity index (χ0n) is 18.8. The van der Waals surface area contributed by atoms with Gasteiger partial charge in [-0.1, -0.05) is 61.9 Å². The molecule has 2 aromatic carbocycles. The molecule has 2 aliphatic carbocycles. The average molecular weight is 451 g/mol. The summed E-state index contributed by atoms with van der Waals surface area (Å²) < 4.78 is 5.58. The van der Waals surface area contributed by atoms with Crippen molar-refractivity contribution in [1.29, 1.82) is 0 Å². The summed E-state index contributed by atoms with van der Waals surface area (Å²) in [5.41, 5.74) is 4.59. The van der Waals surface area contributed by atoms with Crippen LogP contribution in [0.1, 0.15) is 56.1 Å². The third-order valence-electron chi connectivity index (χ3n) is 6.57. The molecule has 1 saturated carbocycles. The molecular formula is C26H30N2O5. The summed E-state index contributed by atoms with van der Waals surface area (Å²) in [5.74, 6) is -0.995. The molecule has 1 atom stereocenters. The lowest BCUT2D eigenvalue weighted by atomic mass is 9.78. The van der Waals surface area contributed by atoms with E-state index in [0.717, 1.165) is 28.7 Å². The molecule has 0 aliphatic heterocycles. The first-order valence-corrected chi connectivity index (χ1v) is 11.6. The lowest BCUT2D eigenvalue weighted by Crippen LogP contribution is -2.53. The van der Waals surface area contributed by atoms with Crippen molar-refractivity contribution in [3.05, 3.63) is 59.7 Å². The van der Waals surface area contributed by atoms with Crippen LogP contribution in [-0.2, 0) is 14.3 Å². The van der Waals surface area contributed by atoms with Crippen molar-refractivity contribution in [1.82, 2.24) is 10.6 Å². The maximum absolute atomic E-state index is 12.7. The standard InChI is InChI=1S/C26H30N2O5/c1-2-7-23(25(31)27-17-12-16(13-17)14-24(29)30)28-26(32)33-15-22-20-10-5-3-8-18(20)19-9-4-6-11-21(19)22/h3-6,8-11,16-17,22-23H,2,7,12-15H2,1H3,(H,27,31)(H,28,32)(H,29,30)/t16?,17?,23-/m1/s1. The van der Waals surface area contributed by atoms with Gasteiger partial charge in [0.15, 0.2) is 0 Å². The van der Waals surface area contributed by atoms with E-state index in [1.807, 2.05) is 31.2 Å². The molecule has 2 amide bonds. The molecular weight excluding hydrogens is 420 g/mol. The highest BCUT2D eigenvalue weighted by Gasteiger charge is 2.34. The molecule has 0 unspecified atom stereocenters. The van der Waals surface area contributed by atoms with E-state index in [1.165, 1.54) is 0 Å². The SMILES string of the molecule is CCC[C@@H](NC(=O)OCC1c2ccccc2-c2ccccc21)C(=O)NC1CC(CC(=O)O)C1. The summed E-state index contributed by atoms with van der Waals surface area (Å²) >= 11 is 0. The Hall–Kier alpha value is -3.35. The van der Waals surface area contributed by atoms with Crippen LogP contribution in [0, 0.1) is 5.92 Å². The Morgan fingerprint density at radius 3 is 2.21 bits per heavy atom. The normalized spacial score (nSPS) is 19.5. The van der Waals surface area contributed by atoms with Crippen LogP contribution in [0.4, 0.5) is 4.79 Å². The fourth-order valence-corrected chi connectivity index (χ4v) is 4.91. The van der Waals surface area contributed by atoms with E-state index < -0.39 is 18.1 Å². The van der Waals surface area contributed by atoms with Crippen LogP contribution in [-0.4, -0.2) is 41.8 Å². The smallest absolute Gasteiger partial charge is 0.407 e. The molecule has 3 N–H and O–H groups in total. The van der Waals surface area contributed by atoms with Gasteiger partial charge in [-0.15, -0.1) is 0 Å². The van der Waals surface area contributed by atoms with Crippen LogP contribution in [0.25, 0.3) is 11.1 Å². The molecule has 33 heavy (non-hydrogen) atoms. The highest BCUT2D eigenvalue weighted by atomic mass is 16.5. The largest absolute Gasteiger partial charge is 0.481 e. The number of carboxylic acid groups (broad SMARTS) is 1. The molecule has 7 heteroatoms. The molecule has 2 aromatic rings. The molecule has 0 heterocycles. The predicted molar refractivity (Wildman–Crippen MR) is 124 cm³/mol. The van der Waals surface area contributed by atoms with E-state index in [1.54, 1.807) is 0 Å². The number of aliphatic carboxylic acids is 1. The Morgan fingerprint density at radius 2 is 1.64 bits per heavy atom. The van der Waals surface area contributed by atoms with Crippen molar-refractivity contribution in [2.75, 3.05) is 6.61 Å². The molecule has 7 nitrogen and oxygen atoms in total. The Balaban J connectivity index is 1.32. The van der Waals surface area contributed by atoms with Crippen LogP contribution < -0.4 is 10.6 Å². The van der Waals surface area contributed by atoms with E-state index >= 15 is 0 Å². The number of alkyl carbamates (subject to hydrolysis) is 1. The van der Waals surface area contributed by atoms with E-state index in [9.17, 15) is 14.4 Å². The quantitative estimate of drug-likeness (QED) is 0.534. The molecule has 0 bridgehead atoms. The number of hydrogen-bond donors (Lipinski definition) is 3. The van der Waals surface area contributed by atoms with Gasteiger partial charge in [-0.3, -0.25) is 9.59 Å². The number of benzene rings is 2. The van der Waals surface area contributed by atoms with Gasteiger partial charge in [-0.2, -0.15) is 0 Å². The highest BCUT2D eigenvalue weighted by Crippen LogP contribution is 2.44. The van der Waals surface area contributed by atoms with Crippen molar-refractivity contribution >= 4 is 18.0 Å². The summed E-state index contributed by atoms with van der Waals surface area (Å²) in [6.45, 7) is 2.14. The number of carbonyl (C=O) groups is 3. The number of nitrogens with one attached hydrogen (secondary N) is 2. The fraction of sp³-hybridized carbons (Fsp3) is 0.423. The maximum Gasteiger partial charge on any atom is 0.407 e. The number of rotatable bonds is 9. The zero-order chi connectivity index (χ0) is 23.4. The predicted octanol–water partition coefficient (Wildman–Crippen LogP) is 4.06. The Morgan fingerprint density at radius 1 is 1.03 bits per heavy atom. The third kappa shape index (κ3) is 5.18. The van der Waals surface area contributed by atoms with Crippen LogP contribution in [0.3, 0.4) is 0 Å². The van der Waals surface area contributed by atoms with Crippen LogP contribution >= 0.6 is 0 Å². The van der Waals surface area contributed by atoms with Crippen molar-refractivity contribution in [2.45, 2.75) is 57.0 Å². The van der Waals surface area contributed by atoms with Crippen molar-refractivity contribution in [3.63, 3.8) is 0 Å². The van der Waals surface area contributed by atoms with Gasteiger partial charge in [-0.25, -0.2) is 4.79 Å². The minimum absolute atomic E-state index is 0.0366. The topological polar surface area (TPSA) is 105 Å². The van der Waals surface area contributed by atoms with Crippen LogP contribution in [0.2, 0.25) is 0 Å². The number of fused-ring (bicyclic) bond motifs is 3. The minimum Gasteiger partial charge on any atom is -0.481 e. The number of ether oxygens (including phenoxy) is 1. The van der Waals surface area contributed by atoms with Crippen LogP contribution in [0.15, 0.2) is 48.5 Å². The summed E-state index contributed by atoms with van der Waals surface area (Å²) in [4.78, 5) is 36.1. The van der Waals surface area contributed by atoms with Gasteiger partial charge in [0.1, 0.15) is 12.6 Å². The van der Waals surface area contributed by atoms with Crippen molar-refractivity contribution in [3.8, 4) is 11.1 Å². The number of amides is 2. The Kier molecular flexibility index (Phi) is 6.96. The van der Waals surface area contributed by atoms with Gasteiger partial charge < -0.3 is 20.5 Å². The second-order valence-electron chi connectivity index (χ2n) is 8.95. The van der Waals surface area contributed by atoms with Gasteiger partial charge in [-0.05, 0) is 47.4 Å². The highest BCUT2D eigenvalue weighted by molar-refractivity contribution is 5.86. The Labute approximate surface area is 193 Å². The van der Waals surface area contributed by atoms with E-state index in [2.05, 4.69) is 34.9 Å². The molecule has 0 radical (unpaired) electrons. The first-order chi connectivity index (χ1) is 16.0. The van der Waals surface area contributed by atoms with E-state index in [0.29, 0.717) is 19.3 Å². The van der Waals surface area contributed by atoms with Gasteiger partial charge >= 0.3 is 12.1 Å². The maximum atomic E-state index is 12.7. The van der Waals surface area contributed by atoms with Gasteiger partial charge in [0, 0.05) is 18.4 Å². The summed E-state index contributed by atoms with van der Waals surface area (Å²) in [6, 6.07) is 15.6. The second-order valence-corrected chi connectivity index (χ2v) is 8.95.